The van der Waals surface area contributed by atoms with Gasteiger partial charge in [-0.2, -0.15) is 0 Å². The molecule has 5 atom stereocenters. The Balaban J connectivity index is 4.93. The van der Waals surface area contributed by atoms with Crippen LogP contribution < -0.4 is 11.1 Å². The minimum Gasteiger partial charge on any atom is -0.381 e. The molecule has 0 amide bonds. The number of hydrogen-bond acceptors (Lipinski definition) is 3. The molecule has 0 aliphatic heterocycles. The van der Waals surface area contributed by atoms with Gasteiger partial charge >= 0.3 is 0 Å². The summed E-state index contributed by atoms with van der Waals surface area (Å²) in [5, 5.41) is 3.40. The largest absolute Gasteiger partial charge is 0.381 e. The summed E-state index contributed by atoms with van der Waals surface area (Å²) in [6.45, 7) is 11.3. The van der Waals surface area contributed by atoms with Crippen LogP contribution in [-0.4, -0.2) is 38.1 Å². The lowest BCUT2D eigenvalue weighted by atomic mass is 9.78. The summed E-state index contributed by atoms with van der Waals surface area (Å²) in [4.78, 5) is 2.31. The molecule has 0 spiro atoms. The van der Waals surface area contributed by atoms with Gasteiger partial charge in [-0.05, 0) is 64.3 Å². The van der Waals surface area contributed by atoms with Crippen molar-refractivity contribution in [1.29, 1.82) is 0 Å². The molecule has 0 bridgehead atoms. The molecule has 3 nitrogen and oxygen atoms in total. The number of nitrogens with one attached hydrogen (secondary N) is 1. The van der Waals surface area contributed by atoms with Crippen molar-refractivity contribution < 1.29 is 0 Å². The van der Waals surface area contributed by atoms with E-state index in [9.17, 15) is 0 Å². The van der Waals surface area contributed by atoms with Crippen molar-refractivity contribution in [2.24, 2.45) is 23.5 Å². The quantitative estimate of drug-likeness (QED) is 0.564. The Morgan fingerprint density at radius 2 is 1.70 bits per heavy atom. The maximum Gasteiger partial charge on any atom is 0.0118 e. The van der Waals surface area contributed by atoms with E-state index in [-0.39, 0.29) is 6.04 Å². The third-order valence-electron chi connectivity index (χ3n) is 5.25. The lowest BCUT2D eigenvalue weighted by molar-refractivity contribution is 0.222. The molecule has 0 aromatic heterocycles. The lowest BCUT2D eigenvalue weighted by Crippen LogP contribution is -2.44. The van der Waals surface area contributed by atoms with Crippen LogP contribution in [0.1, 0.15) is 66.7 Å². The van der Waals surface area contributed by atoms with Crippen LogP contribution in [-0.2, 0) is 0 Å². The fourth-order valence-corrected chi connectivity index (χ4v) is 4.03. The number of hydrogen-bond donors (Lipinski definition) is 2. The van der Waals surface area contributed by atoms with E-state index in [0.717, 1.165) is 6.42 Å². The molecule has 0 aliphatic carbocycles. The zero-order valence-electron chi connectivity index (χ0n) is 17.0. The smallest absolute Gasteiger partial charge is 0.0118 e. The highest BCUT2D eigenvalue weighted by molar-refractivity contribution is 5.04. The summed E-state index contributed by atoms with van der Waals surface area (Å²) < 4.78 is 0. The van der Waals surface area contributed by atoms with Crippen molar-refractivity contribution in [2.75, 3.05) is 21.1 Å². The van der Waals surface area contributed by atoms with Crippen molar-refractivity contribution in [1.82, 2.24) is 10.2 Å². The van der Waals surface area contributed by atoms with E-state index in [1.165, 1.54) is 31.4 Å². The van der Waals surface area contributed by atoms with E-state index in [1.807, 2.05) is 7.05 Å². The summed E-state index contributed by atoms with van der Waals surface area (Å²) in [6, 6.07) is 0.700. The minimum absolute atomic E-state index is 0.233. The van der Waals surface area contributed by atoms with Crippen LogP contribution in [0.25, 0.3) is 0 Å². The van der Waals surface area contributed by atoms with Gasteiger partial charge in [0.1, 0.15) is 0 Å². The summed E-state index contributed by atoms with van der Waals surface area (Å²) >= 11 is 0. The van der Waals surface area contributed by atoms with Gasteiger partial charge in [-0.15, -0.1) is 0 Å². The van der Waals surface area contributed by atoms with Crippen molar-refractivity contribution >= 4 is 0 Å². The molecule has 0 saturated carbocycles. The highest BCUT2D eigenvalue weighted by Gasteiger charge is 2.27. The molecule has 23 heavy (non-hydrogen) atoms. The van der Waals surface area contributed by atoms with Crippen molar-refractivity contribution in [3.8, 4) is 0 Å². The molecule has 0 heterocycles. The molecule has 0 fully saturated rings. The number of allylic oxidation sites excluding steroid dienone is 2. The van der Waals surface area contributed by atoms with E-state index >= 15 is 0 Å². The molecule has 5 unspecified atom stereocenters. The van der Waals surface area contributed by atoms with Crippen LogP contribution in [0, 0.1) is 17.8 Å². The topological polar surface area (TPSA) is 41.3 Å². The third kappa shape index (κ3) is 7.71. The molecule has 0 rings (SSSR count). The second-order valence-corrected chi connectivity index (χ2v) is 7.49. The van der Waals surface area contributed by atoms with Crippen LogP contribution >= 0.6 is 0 Å². The maximum atomic E-state index is 6.28. The minimum atomic E-state index is 0.233. The van der Waals surface area contributed by atoms with E-state index in [0.29, 0.717) is 23.8 Å². The Bertz CT molecular complexity index is 323. The Morgan fingerprint density at radius 1 is 1.09 bits per heavy atom. The first-order chi connectivity index (χ1) is 10.8. The molecule has 138 valence electrons. The molecule has 3 heteroatoms. The van der Waals surface area contributed by atoms with Gasteiger partial charge in [0.05, 0.1) is 0 Å². The average molecular weight is 326 g/mol. The second kappa shape index (κ2) is 11.9. The predicted molar refractivity (Wildman–Crippen MR) is 105 cm³/mol. The highest BCUT2D eigenvalue weighted by Crippen LogP contribution is 2.30. The standard InChI is InChI=1S/C20H43N3/c1-9-11-18(19(12-10-2)23(7)8)14-13-15(3)20(16(4)21)17(5)22-6/h12,15-18,20,22H,9-11,13-14,21H2,1-8H3/b19-12-. The van der Waals surface area contributed by atoms with E-state index in [4.69, 9.17) is 5.73 Å². The first-order valence-electron chi connectivity index (χ1n) is 9.60. The normalized spacial score (nSPS) is 19.1. The second-order valence-electron chi connectivity index (χ2n) is 7.49. The Labute approximate surface area is 146 Å². The van der Waals surface area contributed by atoms with Gasteiger partial charge in [-0.1, -0.05) is 33.3 Å². The van der Waals surface area contributed by atoms with Gasteiger partial charge in [0.15, 0.2) is 0 Å². The van der Waals surface area contributed by atoms with Crippen molar-refractivity contribution in [2.45, 2.75) is 78.8 Å². The molecular weight excluding hydrogens is 282 g/mol. The Hall–Kier alpha value is -0.540. The summed E-state index contributed by atoms with van der Waals surface area (Å²) in [6.07, 6.45) is 8.56. The molecule has 0 aliphatic rings. The summed E-state index contributed by atoms with van der Waals surface area (Å²) in [5.41, 5.74) is 7.79. The fourth-order valence-electron chi connectivity index (χ4n) is 4.03. The van der Waals surface area contributed by atoms with Crippen LogP contribution in [0.4, 0.5) is 0 Å². The maximum absolute atomic E-state index is 6.28. The van der Waals surface area contributed by atoms with Gasteiger partial charge in [0.2, 0.25) is 0 Å². The molecule has 3 N–H and O–H groups in total. The number of nitrogens with zero attached hydrogens (tertiary/aromatic N) is 1. The summed E-state index contributed by atoms with van der Waals surface area (Å²) in [5.74, 6) is 1.85. The average Bonchev–Trinajstić information content (AvgIpc) is 2.48. The summed E-state index contributed by atoms with van der Waals surface area (Å²) in [7, 11) is 6.41. The molecule has 0 radical (unpaired) electrons. The zero-order chi connectivity index (χ0) is 18.0. The van der Waals surface area contributed by atoms with Gasteiger partial charge in [0, 0.05) is 31.9 Å². The van der Waals surface area contributed by atoms with Gasteiger partial charge < -0.3 is 16.0 Å². The number of nitrogens with two attached hydrogens (primary N) is 1. The van der Waals surface area contributed by atoms with Crippen LogP contribution in [0.15, 0.2) is 11.8 Å². The SMILES string of the molecule is CC/C=C(/C(CCC)CCC(C)C(C(C)N)C(C)NC)N(C)C. The molecule has 0 saturated heterocycles. The predicted octanol–water partition coefficient (Wildman–Crippen LogP) is 4.25. The first kappa shape index (κ1) is 22.5. The fraction of sp³-hybridized carbons (Fsp3) is 0.900. The van der Waals surface area contributed by atoms with Crippen molar-refractivity contribution in [3.63, 3.8) is 0 Å². The van der Waals surface area contributed by atoms with Gasteiger partial charge in [-0.25, -0.2) is 0 Å². The van der Waals surface area contributed by atoms with Gasteiger partial charge in [0.25, 0.3) is 0 Å². The Kier molecular flexibility index (Phi) is 11.6. The third-order valence-corrected chi connectivity index (χ3v) is 5.25. The molecule has 0 aromatic rings. The molecule has 0 aromatic carbocycles. The Morgan fingerprint density at radius 3 is 2.09 bits per heavy atom. The van der Waals surface area contributed by atoms with E-state index < -0.39 is 0 Å². The highest BCUT2D eigenvalue weighted by atomic mass is 15.1. The van der Waals surface area contributed by atoms with Crippen molar-refractivity contribution in [3.05, 3.63) is 11.8 Å². The molecular formula is C20H43N3. The first-order valence-corrected chi connectivity index (χ1v) is 9.60. The van der Waals surface area contributed by atoms with Crippen LogP contribution in [0.3, 0.4) is 0 Å². The number of rotatable bonds is 12. The van der Waals surface area contributed by atoms with E-state index in [1.54, 1.807) is 0 Å². The van der Waals surface area contributed by atoms with Crippen LogP contribution in [0.2, 0.25) is 0 Å². The monoisotopic (exact) mass is 325 g/mol. The van der Waals surface area contributed by atoms with Crippen LogP contribution in [0.5, 0.6) is 0 Å². The zero-order valence-corrected chi connectivity index (χ0v) is 17.0. The lowest BCUT2D eigenvalue weighted by Gasteiger charge is -2.34. The van der Waals surface area contributed by atoms with Gasteiger partial charge in [-0.3, -0.25) is 0 Å². The van der Waals surface area contributed by atoms with E-state index in [2.05, 4.69) is 65.0 Å².